The molecule has 25 heavy (non-hydrogen) atoms. The normalized spacial score (nSPS) is 19.3. The number of hydrogen-bond donors (Lipinski definition) is 3. The molecular formula is C17H24N2O6. The monoisotopic (exact) mass is 352 g/mol. The number of rotatable bonds is 7. The molecule has 1 aromatic rings. The molecule has 138 valence electrons. The van der Waals surface area contributed by atoms with Gasteiger partial charge >= 0.3 is 0 Å². The van der Waals surface area contributed by atoms with Crippen molar-refractivity contribution in [2.45, 2.75) is 25.0 Å². The van der Waals surface area contributed by atoms with Gasteiger partial charge in [-0.2, -0.15) is 0 Å². The minimum absolute atomic E-state index is 0.0480. The molecule has 1 fully saturated rings. The molecule has 8 nitrogen and oxygen atoms in total. The van der Waals surface area contributed by atoms with Gasteiger partial charge in [-0.25, -0.2) is 0 Å². The van der Waals surface area contributed by atoms with E-state index in [1.165, 1.54) is 0 Å². The van der Waals surface area contributed by atoms with Crippen LogP contribution in [-0.4, -0.2) is 56.3 Å². The van der Waals surface area contributed by atoms with Crippen molar-refractivity contribution in [3.63, 3.8) is 0 Å². The molecule has 0 aromatic heterocycles. The third kappa shape index (κ3) is 4.75. The molecule has 0 bridgehead atoms. The first-order chi connectivity index (χ1) is 12.1. The average Bonchev–Trinajstić information content (AvgIpc) is 3.12. The standard InChI is InChI=1S/C17H24N2O6/c18-16(11-3-5-22-6-4-11)17(21)19-8-12(20)9-23-13-1-2-14-15(7-13)25-10-24-14/h1-2,7,11-12,16,20H,3-6,8-10,18H2,(H,19,21). The van der Waals surface area contributed by atoms with Crippen molar-refractivity contribution in [2.75, 3.05) is 33.2 Å². The van der Waals surface area contributed by atoms with E-state index < -0.39 is 12.1 Å². The van der Waals surface area contributed by atoms with E-state index in [1.54, 1.807) is 18.2 Å². The van der Waals surface area contributed by atoms with Gasteiger partial charge < -0.3 is 35.1 Å². The van der Waals surface area contributed by atoms with Crippen LogP contribution in [0.5, 0.6) is 17.2 Å². The van der Waals surface area contributed by atoms with Gasteiger partial charge in [0.05, 0.1) is 6.04 Å². The molecule has 0 aliphatic carbocycles. The van der Waals surface area contributed by atoms with E-state index in [-0.39, 0.29) is 31.8 Å². The highest BCUT2D eigenvalue weighted by atomic mass is 16.7. The maximum Gasteiger partial charge on any atom is 0.237 e. The Morgan fingerprint density at radius 3 is 2.88 bits per heavy atom. The van der Waals surface area contributed by atoms with Crippen LogP contribution in [0.2, 0.25) is 0 Å². The zero-order chi connectivity index (χ0) is 17.6. The van der Waals surface area contributed by atoms with Gasteiger partial charge in [-0.15, -0.1) is 0 Å². The molecule has 1 aromatic carbocycles. The largest absolute Gasteiger partial charge is 0.491 e. The summed E-state index contributed by atoms with van der Waals surface area (Å²) in [6, 6.07) is 4.61. The zero-order valence-corrected chi connectivity index (χ0v) is 14.0. The Bertz CT molecular complexity index is 591. The van der Waals surface area contributed by atoms with Gasteiger partial charge in [0.1, 0.15) is 18.5 Å². The van der Waals surface area contributed by atoms with Crippen molar-refractivity contribution in [3.8, 4) is 17.2 Å². The molecule has 3 rings (SSSR count). The fourth-order valence-electron chi connectivity index (χ4n) is 2.84. The fourth-order valence-corrected chi connectivity index (χ4v) is 2.84. The van der Waals surface area contributed by atoms with Crippen molar-refractivity contribution >= 4 is 5.91 Å². The highest BCUT2D eigenvalue weighted by molar-refractivity contribution is 5.81. The number of hydrogen-bond acceptors (Lipinski definition) is 7. The molecule has 2 aliphatic rings. The summed E-state index contributed by atoms with van der Waals surface area (Å²) in [5.41, 5.74) is 5.99. The molecule has 0 saturated carbocycles. The number of amides is 1. The van der Waals surface area contributed by atoms with Gasteiger partial charge in [-0.3, -0.25) is 4.79 Å². The predicted octanol–water partition coefficient (Wildman–Crippen LogP) is 0.0251. The van der Waals surface area contributed by atoms with E-state index in [9.17, 15) is 9.90 Å². The molecule has 1 amide bonds. The number of benzene rings is 1. The third-order valence-corrected chi connectivity index (χ3v) is 4.37. The van der Waals surface area contributed by atoms with Crippen LogP contribution in [0.1, 0.15) is 12.8 Å². The topological polar surface area (TPSA) is 112 Å². The quantitative estimate of drug-likeness (QED) is 0.634. The van der Waals surface area contributed by atoms with Crippen LogP contribution in [0.4, 0.5) is 0 Å². The Morgan fingerprint density at radius 2 is 2.08 bits per heavy atom. The van der Waals surface area contributed by atoms with E-state index >= 15 is 0 Å². The van der Waals surface area contributed by atoms with Crippen molar-refractivity contribution in [1.82, 2.24) is 5.32 Å². The maximum atomic E-state index is 12.1. The first kappa shape index (κ1) is 17.8. The van der Waals surface area contributed by atoms with E-state index in [4.69, 9.17) is 24.7 Å². The number of fused-ring (bicyclic) bond motifs is 1. The summed E-state index contributed by atoms with van der Waals surface area (Å²) in [5, 5.41) is 12.7. The summed E-state index contributed by atoms with van der Waals surface area (Å²) in [6.07, 6.45) is 0.727. The van der Waals surface area contributed by atoms with Crippen LogP contribution in [0.25, 0.3) is 0 Å². The van der Waals surface area contributed by atoms with Crippen LogP contribution in [0.15, 0.2) is 18.2 Å². The number of carbonyl (C=O) groups excluding carboxylic acids is 1. The van der Waals surface area contributed by atoms with Gasteiger partial charge in [0.15, 0.2) is 11.5 Å². The summed E-state index contributed by atoms with van der Waals surface area (Å²) in [5.74, 6) is 1.71. The molecule has 2 aliphatic heterocycles. The number of nitrogens with one attached hydrogen (secondary N) is 1. The summed E-state index contributed by atoms with van der Waals surface area (Å²) in [4.78, 5) is 12.1. The summed E-state index contributed by atoms with van der Waals surface area (Å²) in [6.45, 7) is 1.60. The van der Waals surface area contributed by atoms with Crippen LogP contribution in [0, 0.1) is 5.92 Å². The number of aliphatic hydroxyl groups is 1. The Hall–Kier alpha value is -2.03. The minimum atomic E-state index is -0.837. The highest BCUT2D eigenvalue weighted by Gasteiger charge is 2.26. The molecule has 8 heteroatoms. The van der Waals surface area contributed by atoms with Crippen LogP contribution in [0.3, 0.4) is 0 Å². The lowest BCUT2D eigenvalue weighted by Gasteiger charge is -2.27. The van der Waals surface area contributed by atoms with E-state index in [1.807, 2.05) is 0 Å². The highest BCUT2D eigenvalue weighted by Crippen LogP contribution is 2.35. The second kappa shape index (κ2) is 8.37. The number of aliphatic hydroxyl groups excluding tert-OH is 1. The van der Waals surface area contributed by atoms with E-state index in [2.05, 4.69) is 5.32 Å². The number of ether oxygens (including phenoxy) is 4. The molecular weight excluding hydrogens is 328 g/mol. The van der Waals surface area contributed by atoms with Crippen molar-refractivity contribution in [1.29, 1.82) is 0 Å². The molecule has 0 spiro atoms. The minimum Gasteiger partial charge on any atom is -0.491 e. The van der Waals surface area contributed by atoms with Crippen molar-refractivity contribution in [2.24, 2.45) is 11.7 Å². The molecule has 2 heterocycles. The number of carbonyl (C=O) groups is 1. The van der Waals surface area contributed by atoms with Crippen LogP contribution < -0.4 is 25.3 Å². The lowest BCUT2D eigenvalue weighted by molar-refractivity contribution is -0.124. The van der Waals surface area contributed by atoms with Crippen molar-refractivity contribution < 1.29 is 28.8 Å². The van der Waals surface area contributed by atoms with Gasteiger partial charge in [-0.05, 0) is 30.9 Å². The summed E-state index contributed by atoms with van der Waals surface area (Å²) < 4.78 is 21.3. The fraction of sp³-hybridized carbons (Fsp3) is 0.588. The Kier molecular flexibility index (Phi) is 5.95. The lowest BCUT2D eigenvalue weighted by Crippen LogP contribution is -2.49. The van der Waals surface area contributed by atoms with Gasteiger partial charge in [0.2, 0.25) is 12.7 Å². The first-order valence-electron chi connectivity index (χ1n) is 8.45. The van der Waals surface area contributed by atoms with Crippen LogP contribution >= 0.6 is 0 Å². The van der Waals surface area contributed by atoms with Gasteiger partial charge in [0, 0.05) is 25.8 Å². The molecule has 2 unspecified atom stereocenters. The smallest absolute Gasteiger partial charge is 0.237 e. The Morgan fingerprint density at radius 1 is 1.32 bits per heavy atom. The third-order valence-electron chi connectivity index (χ3n) is 4.37. The van der Waals surface area contributed by atoms with Gasteiger partial charge in [0.25, 0.3) is 0 Å². The summed E-state index contributed by atoms with van der Waals surface area (Å²) in [7, 11) is 0. The molecule has 4 N–H and O–H groups in total. The van der Waals surface area contributed by atoms with E-state index in [0.29, 0.717) is 30.5 Å². The second-order valence-corrected chi connectivity index (χ2v) is 6.20. The second-order valence-electron chi connectivity index (χ2n) is 6.20. The van der Waals surface area contributed by atoms with Crippen LogP contribution in [-0.2, 0) is 9.53 Å². The lowest BCUT2D eigenvalue weighted by atomic mass is 9.92. The van der Waals surface area contributed by atoms with Gasteiger partial charge in [-0.1, -0.05) is 0 Å². The molecule has 1 saturated heterocycles. The zero-order valence-electron chi connectivity index (χ0n) is 14.0. The first-order valence-corrected chi connectivity index (χ1v) is 8.45. The predicted molar refractivity (Wildman–Crippen MR) is 88.6 cm³/mol. The molecule has 2 atom stereocenters. The number of nitrogens with two attached hydrogens (primary N) is 1. The SMILES string of the molecule is NC(C(=O)NCC(O)COc1ccc2c(c1)OCO2)C1CCOCC1. The summed E-state index contributed by atoms with van der Waals surface area (Å²) >= 11 is 0. The Balaban J connectivity index is 1.38. The molecule has 0 radical (unpaired) electrons. The maximum absolute atomic E-state index is 12.1. The average molecular weight is 352 g/mol. The van der Waals surface area contributed by atoms with Crippen molar-refractivity contribution in [3.05, 3.63) is 18.2 Å². The Labute approximate surface area is 146 Å². The van der Waals surface area contributed by atoms with E-state index in [0.717, 1.165) is 12.8 Å².